The minimum absolute atomic E-state index is 0.0358. The molecule has 0 fully saturated rings. The predicted molar refractivity (Wildman–Crippen MR) is 83.3 cm³/mol. The van der Waals surface area contributed by atoms with Gasteiger partial charge in [0.15, 0.2) is 0 Å². The first-order chi connectivity index (χ1) is 9.75. The third-order valence-electron chi connectivity index (χ3n) is 3.42. The highest BCUT2D eigenvalue weighted by molar-refractivity contribution is 7.54. The van der Waals surface area contributed by atoms with Gasteiger partial charge in [-0.2, -0.15) is 0 Å². The quantitative estimate of drug-likeness (QED) is 0.491. The van der Waals surface area contributed by atoms with Gasteiger partial charge in [-0.25, -0.2) is 0 Å². The predicted octanol–water partition coefficient (Wildman–Crippen LogP) is 2.80. The van der Waals surface area contributed by atoms with Crippen LogP contribution in [-0.4, -0.2) is 37.5 Å². The van der Waals surface area contributed by atoms with Gasteiger partial charge in [0.2, 0.25) is 0 Å². The number of carbonyl (C=O) groups excluding carboxylic acids is 1. The molecule has 0 aromatic heterocycles. The molecule has 0 saturated carbocycles. The van der Waals surface area contributed by atoms with Gasteiger partial charge in [-0.1, -0.05) is 20.8 Å². The van der Waals surface area contributed by atoms with Crippen molar-refractivity contribution in [3.63, 3.8) is 0 Å². The lowest BCUT2D eigenvalue weighted by Gasteiger charge is -2.34. The standard InChI is InChI=1S/C14H30NO5P/c1-7-18-14(16)13(15)12(10(4)5)11(6)21(17,19-8-2)20-9-3/h10-13H,7-9,15H2,1-6H3/t11-,12+,13-/m0/s1. The smallest absolute Gasteiger partial charge is 0.333 e. The van der Waals surface area contributed by atoms with Crippen molar-refractivity contribution in [3.05, 3.63) is 0 Å². The third kappa shape index (κ3) is 5.70. The van der Waals surface area contributed by atoms with Crippen molar-refractivity contribution in [1.29, 1.82) is 0 Å². The Balaban J connectivity index is 5.34. The van der Waals surface area contributed by atoms with Crippen molar-refractivity contribution in [3.8, 4) is 0 Å². The average molecular weight is 323 g/mol. The first kappa shape index (κ1) is 20.6. The van der Waals surface area contributed by atoms with Gasteiger partial charge in [0, 0.05) is 5.92 Å². The van der Waals surface area contributed by atoms with E-state index in [-0.39, 0.29) is 31.7 Å². The second-order valence-electron chi connectivity index (χ2n) is 5.22. The molecule has 3 atom stereocenters. The normalized spacial score (nSPS) is 16.6. The Kier molecular flexibility index (Phi) is 9.38. The Hall–Kier alpha value is -0.420. The van der Waals surface area contributed by atoms with E-state index in [0.29, 0.717) is 0 Å². The van der Waals surface area contributed by atoms with Crippen molar-refractivity contribution in [1.82, 2.24) is 0 Å². The largest absolute Gasteiger partial charge is 0.465 e. The maximum Gasteiger partial charge on any atom is 0.333 e. The molecule has 0 saturated heterocycles. The van der Waals surface area contributed by atoms with Gasteiger partial charge in [-0.3, -0.25) is 9.36 Å². The van der Waals surface area contributed by atoms with Gasteiger partial charge in [0.1, 0.15) is 6.04 Å². The van der Waals surface area contributed by atoms with Crippen molar-refractivity contribution in [2.24, 2.45) is 17.6 Å². The molecule has 0 aromatic carbocycles. The molecule has 0 aliphatic rings. The molecule has 0 bridgehead atoms. The fraction of sp³-hybridized carbons (Fsp3) is 0.929. The maximum atomic E-state index is 12.9. The van der Waals surface area contributed by atoms with E-state index in [1.807, 2.05) is 13.8 Å². The van der Waals surface area contributed by atoms with Crippen molar-refractivity contribution >= 4 is 13.6 Å². The van der Waals surface area contributed by atoms with Gasteiger partial charge in [0.05, 0.1) is 25.5 Å². The van der Waals surface area contributed by atoms with E-state index < -0.39 is 25.3 Å². The molecule has 0 heterocycles. The summed E-state index contributed by atoms with van der Waals surface area (Å²) in [4.78, 5) is 11.9. The van der Waals surface area contributed by atoms with Crippen LogP contribution in [-0.2, 0) is 23.1 Å². The summed E-state index contributed by atoms with van der Waals surface area (Å²) >= 11 is 0. The van der Waals surface area contributed by atoms with E-state index in [2.05, 4.69) is 0 Å². The van der Waals surface area contributed by atoms with Crippen LogP contribution in [0.15, 0.2) is 0 Å². The minimum Gasteiger partial charge on any atom is -0.465 e. The second kappa shape index (κ2) is 9.57. The Morgan fingerprint density at radius 3 is 1.86 bits per heavy atom. The molecule has 0 aliphatic carbocycles. The molecule has 7 heteroatoms. The van der Waals surface area contributed by atoms with Gasteiger partial charge in [-0.15, -0.1) is 0 Å². The van der Waals surface area contributed by atoms with E-state index >= 15 is 0 Å². The summed E-state index contributed by atoms with van der Waals surface area (Å²) in [6.07, 6.45) is 0. The lowest BCUT2D eigenvalue weighted by atomic mass is 9.86. The second-order valence-corrected chi connectivity index (χ2v) is 7.63. The van der Waals surface area contributed by atoms with Crippen molar-refractivity contribution in [2.45, 2.75) is 53.2 Å². The van der Waals surface area contributed by atoms with Crippen LogP contribution in [0.25, 0.3) is 0 Å². The van der Waals surface area contributed by atoms with Crippen LogP contribution in [0.2, 0.25) is 0 Å². The Morgan fingerprint density at radius 1 is 1.05 bits per heavy atom. The summed E-state index contributed by atoms with van der Waals surface area (Å²) in [5.41, 5.74) is 5.54. The molecule has 21 heavy (non-hydrogen) atoms. The third-order valence-corrected chi connectivity index (χ3v) is 6.00. The van der Waals surface area contributed by atoms with Crippen LogP contribution < -0.4 is 5.73 Å². The maximum absolute atomic E-state index is 12.9. The molecule has 126 valence electrons. The molecular weight excluding hydrogens is 293 g/mol. The van der Waals surface area contributed by atoms with E-state index in [1.165, 1.54) is 0 Å². The van der Waals surface area contributed by atoms with Gasteiger partial charge >= 0.3 is 13.6 Å². The molecule has 0 aliphatic heterocycles. The minimum atomic E-state index is -3.32. The van der Waals surface area contributed by atoms with Crippen molar-refractivity contribution in [2.75, 3.05) is 19.8 Å². The van der Waals surface area contributed by atoms with Gasteiger partial charge < -0.3 is 19.5 Å². The summed E-state index contributed by atoms with van der Waals surface area (Å²) < 4.78 is 28.6. The highest BCUT2D eigenvalue weighted by Crippen LogP contribution is 2.56. The molecule has 0 radical (unpaired) electrons. The highest BCUT2D eigenvalue weighted by Gasteiger charge is 2.43. The molecule has 0 spiro atoms. The van der Waals surface area contributed by atoms with Crippen LogP contribution >= 0.6 is 7.60 Å². The number of carbonyl (C=O) groups is 1. The first-order valence-corrected chi connectivity index (χ1v) is 9.17. The van der Waals surface area contributed by atoms with E-state index in [4.69, 9.17) is 19.5 Å². The first-order valence-electron chi connectivity index (χ1n) is 7.56. The van der Waals surface area contributed by atoms with Gasteiger partial charge in [-0.05, 0) is 26.7 Å². The summed E-state index contributed by atoms with van der Waals surface area (Å²) in [6.45, 7) is 11.7. The average Bonchev–Trinajstić information content (AvgIpc) is 2.39. The van der Waals surface area contributed by atoms with Crippen LogP contribution in [0.5, 0.6) is 0 Å². The SMILES string of the molecule is CCOC(=O)[C@@H](N)[C@H](C(C)C)[C@H](C)P(=O)(OCC)OCC. The number of nitrogens with two attached hydrogens (primary N) is 1. The molecule has 0 amide bonds. The lowest BCUT2D eigenvalue weighted by molar-refractivity contribution is -0.146. The monoisotopic (exact) mass is 323 g/mol. The van der Waals surface area contributed by atoms with Crippen LogP contribution in [0, 0.1) is 11.8 Å². The zero-order valence-corrected chi connectivity index (χ0v) is 14.9. The Morgan fingerprint density at radius 2 is 1.52 bits per heavy atom. The molecule has 0 aromatic rings. The topological polar surface area (TPSA) is 87.9 Å². The van der Waals surface area contributed by atoms with Crippen LogP contribution in [0.1, 0.15) is 41.5 Å². The molecular formula is C14H30NO5P. The zero-order chi connectivity index (χ0) is 16.6. The van der Waals surface area contributed by atoms with Crippen LogP contribution in [0.3, 0.4) is 0 Å². The Labute approximate surface area is 128 Å². The lowest BCUT2D eigenvalue weighted by Crippen LogP contribution is -2.46. The van der Waals surface area contributed by atoms with Crippen molar-refractivity contribution < 1.29 is 23.1 Å². The Bertz CT molecular complexity index is 351. The fourth-order valence-electron chi connectivity index (χ4n) is 2.51. The summed E-state index contributed by atoms with van der Waals surface area (Å²) in [7, 11) is -3.32. The van der Waals surface area contributed by atoms with Crippen LogP contribution in [0.4, 0.5) is 0 Å². The number of hydrogen-bond acceptors (Lipinski definition) is 6. The fourth-order valence-corrected chi connectivity index (χ4v) is 4.73. The number of esters is 1. The number of ether oxygens (including phenoxy) is 1. The number of rotatable bonds is 10. The van der Waals surface area contributed by atoms with E-state index in [0.717, 1.165) is 0 Å². The molecule has 6 nitrogen and oxygen atoms in total. The number of hydrogen-bond donors (Lipinski definition) is 1. The molecule has 0 rings (SSSR count). The van der Waals surface area contributed by atoms with Gasteiger partial charge in [0.25, 0.3) is 0 Å². The van der Waals surface area contributed by atoms with E-state index in [1.54, 1.807) is 27.7 Å². The zero-order valence-electron chi connectivity index (χ0n) is 14.0. The molecule has 2 N–H and O–H groups in total. The molecule has 0 unspecified atom stereocenters. The highest BCUT2D eigenvalue weighted by atomic mass is 31.2. The summed E-state index contributed by atoms with van der Waals surface area (Å²) in [5.74, 6) is -0.802. The summed E-state index contributed by atoms with van der Waals surface area (Å²) in [6, 6.07) is -0.853. The summed E-state index contributed by atoms with van der Waals surface area (Å²) in [5, 5.41) is 0. The van der Waals surface area contributed by atoms with E-state index in [9.17, 15) is 9.36 Å².